The molecule has 0 fully saturated rings. The zero-order valence-corrected chi connectivity index (χ0v) is 10.1. The maximum atomic E-state index is 13.1. The summed E-state index contributed by atoms with van der Waals surface area (Å²) in [5.41, 5.74) is 14.7. The Kier molecular flexibility index (Phi) is 3.59. The van der Waals surface area contributed by atoms with Crippen LogP contribution in [0.1, 0.15) is 16.7 Å². The van der Waals surface area contributed by atoms with Gasteiger partial charge in [-0.25, -0.2) is 0 Å². The molecule has 2 N–H and O–H groups in total. The van der Waals surface area contributed by atoms with E-state index in [1.54, 1.807) is 0 Å². The largest absolute Gasteiger partial charge is 0.398 e. The van der Waals surface area contributed by atoms with Gasteiger partial charge in [0.1, 0.15) is 4.90 Å². The quantitative estimate of drug-likeness (QED) is 0.295. The molecule has 0 heterocycles. The van der Waals surface area contributed by atoms with Crippen LogP contribution in [0.4, 0.5) is 9.57 Å². The van der Waals surface area contributed by atoms with Crippen LogP contribution in [0.25, 0.3) is 10.4 Å². The Labute approximate surface area is 98.1 Å². The number of benzene rings is 1. The molecule has 0 atom stereocenters. The predicted octanol–water partition coefficient (Wildman–Crippen LogP) is 2.35. The normalized spacial score (nSPS) is 11.0. The lowest BCUT2D eigenvalue weighted by Crippen LogP contribution is -2.06. The van der Waals surface area contributed by atoms with Gasteiger partial charge >= 0.3 is 10.2 Å². The van der Waals surface area contributed by atoms with Crippen molar-refractivity contribution in [2.75, 3.05) is 5.73 Å². The number of rotatable bonds is 3. The van der Waals surface area contributed by atoms with Crippen LogP contribution in [0.5, 0.6) is 0 Å². The van der Waals surface area contributed by atoms with Crippen LogP contribution in [-0.2, 0) is 16.8 Å². The first kappa shape index (κ1) is 13.3. The summed E-state index contributed by atoms with van der Waals surface area (Å²) in [6.45, 7) is 2.79. The number of nitrogen functional groups attached to an aromatic ring is 1. The van der Waals surface area contributed by atoms with Gasteiger partial charge in [-0.3, -0.25) is 0 Å². The highest BCUT2D eigenvalue weighted by Crippen LogP contribution is 2.29. The van der Waals surface area contributed by atoms with E-state index in [1.807, 2.05) is 0 Å². The van der Waals surface area contributed by atoms with Crippen LogP contribution in [0.2, 0.25) is 0 Å². The third-order valence-electron chi connectivity index (χ3n) is 2.47. The lowest BCUT2D eigenvalue weighted by molar-refractivity contribution is 0.550. The van der Waals surface area contributed by atoms with Gasteiger partial charge in [-0.05, 0) is 42.1 Å². The maximum Gasteiger partial charge on any atom is 0.332 e. The molecule has 0 aliphatic heterocycles. The molecule has 0 amide bonds. The fraction of sp³-hybridized carbons (Fsp3) is 0.333. The SMILES string of the molecule is Cc1c(N)cc(CN=[N+]=[N-])c(C)c1S(=O)(=O)F. The molecular formula is C9H11FN4O2S. The highest BCUT2D eigenvalue weighted by Gasteiger charge is 2.22. The van der Waals surface area contributed by atoms with Crippen LogP contribution in [0, 0.1) is 13.8 Å². The topological polar surface area (TPSA) is 109 Å². The van der Waals surface area contributed by atoms with E-state index in [0.717, 1.165) is 0 Å². The fourth-order valence-corrected chi connectivity index (χ4v) is 2.58. The summed E-state index contributed by atoms with van der Waals surface area (Å²) in [4.78, 5) is 2.11. The molecule has 17 heavy (non-hydrogen) atoms. The second-order valence-electron chi connectivity index (χ2n) is 3.53. The van der Waals surface area contributed by atoms with Gasteiger partial charge in [-0.2, -0.15) is 8.42 Å². The third-order valence-corrected chi connectivity index (χ3v) is 3.57. The average Bonchev–Trinajstić information content (AvgIpc) is 2.20. The Morgan fingerprint density at radius 3 is 2.53 bits per heavy atom. The van der Waals surface area contributed by atoms with Gasteiger partial charge in [0.05, 0.1) is 6.54 Å². The molecule has 0 aromatic heterocycles. The standard InChI is InChI=1S/C9H11FN4O2S/c1-5-7(4-13-14-12)3-8(11)6(2)9(5)17(10,15)16/h3H,4,11H2,1-2H3. The van der Waals surface area contributed by atoms with Crippen molar-refractivity contribution in [2.24, 2.45) is 5.11 Å². The minimum absolute atomic E-state index is 0.0741. The van der Waals surface area contributed by atoms with E-state index >= 15 is 0 Å². The zero-order chi connectivity index (χ0) is 13.2. The number of anilines is 1. The summed E-state index contributed by atoms with van der Waals surface area (Å²) in [5, 5.41) is 3.30. The maximum absolute atomic E-state index is 13.1. The molecule has 8 heteroatoms. The molecule has 1 aromatic carbocycles. The number of nitrogens with two attached hydrogens (primary N) is 1. The second kappa shape index (κ2) is 4.60. The first-order valence-electron chi connectivity index (χ1n) is 4.63. The Balaban J connectivity index is 3.59. The Morgan fingerprint density at radius 2 is 2.06 bits per heavy atom. The predicted molar refractivity (Wildman–Crippen MR) is 61.5 cm³/mol. The Hall–Kier alpha value is -1.79. The summed E-state index contributed by atoms with van der Waals surface area (Å²) in [6.07, 6.45) is 0. The molecular weight excluding hydrogens is 247 g/mol. The molecule has 0 radical (unpaired) electrons. The summed E-state index contributed by atoms with van der Waals surface area (Å²) in [7, 11) is -4.85. The van der Waals surface area contributed by atoms with Crippen LogP contribution < -0.4 is 5.73 Å². The van der Waals surface area contributed by atoms with Crippen molar-refractivity contribution in [2.45, 2.75) is 25.3 Å². The smallest absolute Gasteiger partial charge is 0.332 e. The molecule has 0 spiro atoms. The van der Waals surface area contributed by atoms with E-state index in [-0.39, 0.29) is 23.4 Å². The van der Waals surface area contributed by atoms with Crippen molar-refractivity contribution in [3.8, 4) is 0 Å². The molecule has 0 aliphatic carbocycles. The minimum Gasteiger partial charge on any atom is -0.398 e. The summed E-state index contributed by atoms with van der Waals surface area (Å²) >= 11 is 0. The summed E-state index contributed by atoms with van der Waals surface area (Å²) < 4.78 is 35.2. The molecule has 0 aliphatic rings. The van der Waals surface area contributed by atoms with Crippen molar-refractivity contribution >= 4 is 15.9 Å². The van der Waals surface area contributed by atoms with Gasteiger partial charge in [0.2, 0.25) is 0 Å². The number of halogens is 1. The van der Waals surface area contributed by atoms with E-state index in [1.165, 1.54) is 19.9 Å². The second-order valence-corrected chi connectivity index (χ2v) is 4.81. The van der Waals surface area contributed by atoms with E-state index in [4.69, 9.17) is 11.3 Å². The Morgan fingerprint density at radius 1 is 1.47 bits per heavy atom. The van der Waals surface area contributed by atoms with Crippen molar-refractivity contribution in [1.29, 1.82) is 0 Å². The summed E-state index contributed by atoms with van der Waals surface area (Å²) in [6, 6.07) is 1.48. The van der Waals surface area contributed by atoms with Crippen molar-refractivity contribution < 1.29 is 12.3 Å². The highest BCUT2D eigenvalue weighted by atomic mass is 32.3. The first-order chi connectivity index (χ1) is 7.79. The molecule has 92 valence electrons. The molecule has 6 nitrogen and oxygen atoms in total. The molecule has 1 rings (SSSR count). The molecule has 0 unspecified atom stereocenters. The molecule has 0 saturated heterocycles. The fourth-order valence-electron chi connectivity index (χ4n) is 1.60. The van der Waals surface area contributed by atoms with Crippen LogP contribution in [0.15, 0.2) is 16.1 Å². The van der Waals surface area contributed by atoms with Crippen molar-refractivity contribution in [1.82, 2.24) is 0 Å². The van der Waals surface area contributed by atoms with E-state index in [9.17, 15) is 12.3 Å². The van der Waals surface area contributed by atoms with E-state index in [0.29, 0.717) is 5.56 Å². The van der Waals surface area contributed by atoms with Crippen LogP contribution >= 0.6 is 0 Å². The van der Waals surface area contributed by atoms with E-state index < -0.39 is 15.1 Å². The number of hydrogen-bond acceptors (Lipinski definition) is 4. The Bertz CT molecular complexity index is 606. The summed E-state index contributed by atoms with van der Waals surface area (Å²) in [5.74, 6) is 0. The van der Waals surface area contributed by atoms with Crippen molar-refractivity contribution in [3.63, 3.8) is 0 Å². The van der Waals surface area contributed by atoms with Gasteiger partial charge in [0, 0.05) is 10.6 Å². The highest BCUT2D eigenvalue weighted by molar-refractivity contribution is 7.86. The minimum atomic E-state index is -4.85. The van der Waals surface area contributed by atoms with Gasteiger partial charge in [-0.1, -0.05) is 5.11 Å². The third kappa shape index (κ3) is 2.66. The molecule has 0 bridgehead atoms. The lowest BCUT2D eigenvalue weighted by Gasteiger charge is -2.12. The van der Waals surface area contributed by atoms with Crippen molar-refractivity contribution in [3.05, 3.63) is 33.2 Å². The molecule has 0 saturated carbocycles. The van der Waals surface area contributed by atoms with Gasteiger partial charge in [0.15, 0.2) is 0 Å². The monoisotopic (exact) mass is 258 g/mol. The van der Waals surface area contributed by atoms with Gasteiger partial charge in [-0.15, -0.1) is 3.89 Å². The average molecular weight is 258 g/mol. The number of azide groups is 1. The first-order valence-corrected chi connectivity index (χ1v) is 6.01. The lowest BCUT2D eigenvalue weighted by atomic mass is 10.0. The zero-order valence-electron chi connectivity index (χ0n) is 9.31. The van der Waals surface area contributed by atoms with Crippen LogP contribution in [-0.4, -0.2) is 8.42 Å². The van der Waals surface area contributed by atoms with Gasteiger partial charge in [0.25, 0.3) is 0 Å². The molecule has 1 aromatic rings. The number of hydrogen-bond donors (Lipinski definition) is 1. The van der Waals surface area contributed by atoms with Gasteiger partial charge < -0.3 is 5.73 Å². The van der Waals surface area contributed by atoms with E-state index in [2.05, 4.69) is 10.0 Å². The van der Waals surface area contributed by atoms with Crippen LogP contribution in [0.3, 0.4) is 0 Å². The number of nitrogens with zero attached hydrogens (tertiary/aromatic N) is 3.